The summed E-state index contributed by atoms with van der Waals surface area (Å²) in [6.45, 7) is 1.85. The molecule has 0 atom stereocenters. The van der Waals surface area contributed by atoms with Crippen molar-refractivity contribution >= 4 is 11.6 Å². The summed E-state index contributed by atoms with van der Waals surface area (Å²) in [5.41, 5.74) is 0.828. The molecule has 2 aromatic rings. The first-order valence-electron chi connectivity index (χ1n) is 4.72. The Morgan fingerprint density at radius 2 is 1.94 bits per heavy atom. The fourth-order valence-corrected chi connectivity index (χ4v) is 1.37. The number of hydrogen-bond acceptors (Lipinski definition) is 6. The van der Waals surface area contributed by atoms with Gasteiger partial charge in [-0.15, -0.1) is 4.98 Å². The van der Waals surface area contributed by atoms with Crippen LogP contribution < -0.4 is 9.47 Å². The van der Waals surface area contributed by atoms with Crippen LogP contribution in [0.25, 0.3) is 0 Å². The Balaban J connectivity index is 2.29. The fourth-order valence-electron chi connectivity index (χ4n) is 1.23. The molecule has 8 heteroatoms. The van der Waals surface area contributed by atoms with Gasteiger partial charge in [-0.05, 0) is 18.5 Å². The van der Waals surface area contributed by atoms with Crippen LogP contribution in [0.2, 0.25) is 5.28 Å². The Morgan fingerprint density at radius 1 is 1.24 bits per heavy atom. The zero-order chi connectivity index (χ0) is 12.4. The molecule has 0 aliphatic heterocycles. The van der Waals surface area contributed by atoms with Gasteiger partial charge in [-0.25, -0.2) is 4.68 Å². The molecule has 0 aliphatic carbocycles. The zero-order valence-corrected chi connectivity index (χ0v) is 10.3. The van der Waals surface area contributed by atoms with Crippen LogP contribution in [0.1, 0.15) is 5.69 Å². The monoisotopic (exact) mass is 255 g/mol. The van der Waals surface area contributed by atoms with E-state index in [4.69, 9.17) is 21.1 Å². The maximum absolute atomic E-state index is 5.70. The highest BCUT2D eigenvalue weighted by Gasteiger charge is 2.10. The van der Waals surface area contributed by atoms with Gasteiger partial charge in [-0.2, -0.15) is 15.1 Å². The Hall–Kier alpha value is -1.89. The largest absolute Gasteiger partial charge is 0.467 e. The first-order valence-corrected chi connectivity index (χ1v) is 5.10. The molecular formula is C9H10ClN5O2. The molecule has 0 bridgehead atoms. The van der Waals surface area contributed by atoms with Crippen LogP contribution in [-0.4, -0.2) is 31.8 Å². The second-order valence-electron chi connectivity index (χ2n) is 3.22. The number of ether oxygens (including phenoxy) is 2. The summed E-state index contributed by atoms with van der Waals surface area (Å²) in [7, 11) is 3.19. The molecule has 0 aliphatic rings. The number of methoxy groups -OCH3 is 1. The summed E-state index contributed by atoms with van der Waals surface area (Å²) in [5, 5.41) is 4.13. The highest BCUT2D eigenvalue weighted by atomic mass is 35.5. The van der Waals surface area contributed by atoms with Crippen molar-refractivity contribution in [3.63, 3.8) is 0 Å². The standard InChI is InChI=1S/C9H10ClN5O2/c1-5-4-6(15(2)14-5)17-9-12-7(10)11-8(13-9)16-3/h4H,1-3H3. The summed E-state index contributed by atoms with van der Waals surface area (Å²) in [6, 6.07) is 1.91. The molecule has 2 aromatic heterocycles. The van der Waals surface area contributed by atoms with Crippen molar-refractivity contribution in [3.8, 4) is 17.9 Å². The molecule has 0 saturated heterocycles. The Labute approximate surface area is 102 Å². The van der Waals surface area contributed by atoms with Gasteiger partial charge < -0.3 is 9.47 Å². The van der Waals surface area contributed by atoms with Crippen molar-refractivity contribution in [2.45, 2.75) is 6.92 Å². The number of aromatic nitrogens is 5. The number of halogens is 1. The fraction of sp³-hybridized carbons (Fsp3) is 0.333. The molecule has 0 saturated carbocycles. The SMILES string of the molecule is COc1nc(Cl)nc(Oc2cc(C)nn2C)n1. The summed E-state index contributed by atoms with van der Waals surface area (Å²) < 4.78 is 11.9. The van der Waals surface area contributed by atoms with E-state index < -0.39 is 0 Å². The quantitative estimate of drug-likeness (QED) is 0.825. The lowest BCUT2D eigenvalue weighted by molar-refractivity contribution is 0.350. The molecule has 0 N–H and O–H groups in total. The van der Waals surface area contributed by atoms with Crippen LogP contribution in [0, 0.1) is 6.92 Å². The van der Waals surface area contributed by atoms with Gasteiger partial charge in [0.05, 0.1) is 12.8 Å². The number of hydrogen-bond donors (Lipinski definition) is 0. The molecule has 2 heterocycles. The first-order chi connectivity index (χ1) is 8.08. The molecule has 0 aromatic carbocycles. The average Bonchev–Trinajstić information content (AvgIpc) is 2.56. The molecule has 7 nitrogen and oxygen atoms in total. The third kappa shape index (κ3) is 2.62. The third-order valence-corrected chi connectivity index (χ3v) is 2.07. The third-order valence-electron chi connectivity index (χ3n) is 1.90. The highest BCUT2D eigenvalue weighted by Crippen LogP contribution is 2.20. The minimum atomic E-state index is 0.00532. The summed E-state index contributed by atoms with van der Waals surface area (Å²) in [5.74, 6) is 0.506. The van der Waals surface area contributed by atoms with Gasteiger partial charge in [-0.3, -0.25) is 0 Å². The van der Waals surface area contributed by atoms with Gasteiger partial charge in [-0.1, -0.05) is 0 Å². The highest BCUT2D eigenvalue weighted by molar-refractivity contribution is 6.28. The van der Waals surface area contributed by atoms with Crippen molar-refractivity contribution in [1.82, 2.24) is 24.7 Å². The minimum Gasteiger partial charge on any atom is -0.467 e. The average molecular weight is 256 g/mol. The lowest BCUT2D eigenvalue weighted by Crippen LogP contribution is -2.01. The van der Waals surface area contributed by atoms with E-state index in [0.717, 1.165) is 5.69 Å². The summed E-state index contributed by atoms with van der Waals surface area (Å²) in [4.78, 5) is 11.5. The number of aryl methyl sites for hydroxylation is 2. The first kappa shape index (κ1) is 11.6. The van der Waals surface area contributed by atoms with E-state index in [1.165, 1.54) is 7.11 Å². The van der Waals surface area contributed by atoms with E-state index in [1.807, 2.05) is 6.92 Å². The topological polar surface area (TPSA) is 75.0 Å². The molecule has 17 heavy (non-hydrogen) atoms. The summed E-state index contributed by atoms with van der Waals surface area (Å²) >= 11 is 5.70. The van der Waals surface area contributed by atoms with Crippen molar-refractivity contribution in [2.75, 3.05) is 7.11 Å². The van der Waals surface area contributed by atoms with Crippen molar-refractivity contribution in [3.05, 3.63) is 17.0 Å². The van der Waals surface area contributed by atoms with Crippen LogP contribution in [0.5, 0.6) is 17.9 Å². The number of rotatable bonds is 3. The van der Waals surface area contributed by atoms with E-state index >= 15 is 0 Å². The lowest BCUT2D eigenvalue weighted by atomic mass is 10.5. The van der Waals surface area contributed by atoms with E-state index in [2.05, 4.69) is 20.1 Å². The Bertz CT molecular complexity index is 542. The van der Waals surface area contributed by atoms with Gasteiger partial charge in [0.2, 0.25) is 11.2 Å². The van der Waals surface area contributed by atoms with E-state index in [-0.39, 0.29) is 17.3 Å². The summed E-state index contributed by atoms with van der Waals surface area (Å²) in [6.07, 6.45) is 0. The lowest BCUT2D eigenvalue weighted by Gasteiger charge is -2.04. The van der Waals surface area contributed by atoms with Gasteiger partial charge in [0, 0.05) is 13.1 Å². The van der Waals surface area contributed by atoms with Crippen molar-refractivity contribution in [2.24, 2.45) is 7.05 Å². The zero-order valence-electron chi connectivity index (χ0n) is 9.51. The van der Waals surface area contributed by atoms with E-state index in [1.54, 1.807) is 17.8 Å². The molecule has 0 amide bonds. The van der Waals surface area contributed by atoms with Crippen molar-refractivity contribution < 1.29 is 9.47 Å². The molecule has 0 unspecified atom stereocenters. The smallest absolute Gasteiger partial charge is 0.330 e. The minimum absolute atomic E-state index is 0.00532. The molecule has 0 fully saturated rings. The Morgan fingerprint density at radius 3 is 2.53 bits per heavy atom. The second-order valence-corrected chi connectivity index (χ2v) is 3.56. The number of nitrogens with zero attached hydrogens (tertiary/aromatic N) is 5. The van der Waals surface area contributed by atoms with Gasteiger partial charge in [0.1, 0.15) is 0 Å². The van der Waals surface area contributed by atoms with Crippen LogP contribution in [0.3, 0.4) is 0 Å². The maximum Gasteiger partial charge on any atom is 0.330 e. The van der Waals surface area contributed by atoms with Gasteiger partial charge in [0.15, 0.2) is 0 Å². The van der Waals surface area contributed by atoms with Gasteiger partial charge >= 0.3 is 12.0 Å². The predicted octanol–water partition coefficient (Wildman–Crippen LogP) is 1.37. The maximum atomic E-state index is 5.70. The van der Waals surface area contributed by atoms with Crippen LogP contribution >= 0.6 is 11.6 Å². The Kier molecular flexibility index (Phi) is 3.10. The van der Waals surface area contributed by atoms with E-state index in [0.29, 0.717) is 5.88 Å². The van der Waals surface area contributed by atoms with Crippen LogP contribution in [0.15, 0.2) is 6.07 Å². The molecule has 0 radical (unpaired) electrons. The second kappa shape index (κ2) is 4.54. The normalized spacial score (nSPS) is 10.4. The predicted molar refractivity (Wildman–Crippen MR) is 59.4 cm³/mol. The molecule has 2 rings (SSSR count). The van der Waals surface area contributed by atoms with Gasteiger partial charge in [0.25, 0.3) is 0 Å². The van der Waals surface area contributed by atoms with E-state index in [9.17, 15) is 0 Å². The molecule has 90 valence electrons. The van der Waals surface area contributed by atoms with Crippen molar-refractivity contribution in [1.29, 1.82) is 0 Å². The molecular weight excluding hydrogens is 246 g/mol. The van der Waals surface area contributed by atoms with Crippen LogP contribution in [0.4, 0.5) is 0 Å². The molecule has 0 spiro atoms. The van der Waals surface area contributed by atoms with Crippen LogP contribution in [-0.2, 0) is 7.05 Å².